The standard InChI is InChI=1S/C8H2F12/c9-2-3(10,11)1-5(13,14)7(17,18)4(2,12)8(19,20)6(1,15)16/h1-2H. The summed E-state index contributed by atoms with van der Waals surface area (Å²) < 4.78 is 156. The highest BCUT2D eigenvalue weighted by molar-refractivity contribution is 5.34. The molecular weight excluding hydrogens is 324 g/mol. The van der Waals surface area contributed by atoms with Crippen molar-refractivity contribution in [3.63, 3.8) is 0 Å². The summed E-state index contributed by atoms with van der Waals surface area (Å²) in [7, 11) is 0. The lowest BCUT2D eigenvalue weighted by Crippen LogP contribution is -2.90. The third-order valence-corrected chi connectivity index (χ3v) is 3.55. The maximum Gasteiger partial charge on any atom is 0.353 e. The molecule has 3 saturated carbocycles. The number of hydrogen-bond donors (Lipinski definition) is 0. The molecule has 0 aromatic rings. The number of halogens is 12. The van der Waals surface area contributed by atoms with Gasteiger partial charge in [-0.25, -0.2) is 17.6 Å². The Morgan fingerprint density at radius 1 is 0.550 bits per heavy atom. The molecule has 3 aliphatic rings. The highest BCUT2D eigenvalue weighted by Crippen LogP contribution is 2.75. The van der Waals surface area contributed by atoms with Crippen LogP contribution in [0.2, 0.25) is 0 Å². The van der Waals surface area contributed by atoms with Crippen LogP contribution in [0.25, 0.3) is 0 Å². The Labute approximate surface area is 101 Å². The van der Waals surface area contributed by atoms with Gasteiger partial charge in [0.05, 0.1) is 0 Å². The second kappa shape index (κ2) is 3.16. The molecule has 1 atom stereocenters. The molecule has 20 heavy (non-hydrogen) atoms. The molecule has 0 aromatic heterocycles. The largest absolute Gasteiger partial charge is 0.353 e. The Kier molecular flexibility index (Phi) is 2.45. The molecule has 1 unspecified atom stereocenters. The van der Waals surface area contributed by atoms with Crippen LogP contribution in [0.5, 0.6) is 0 Å². The molecule has 0 nitrogen and oxygen atoms in total. The predicted octanol–water partition coefficient (Wildman–Crippen LogP) is 3.85. The number of hydrogen-bond acceptors (Lipinski definition) is 0. The van der Waals surface area contributed by atoms with E-state index in [4.69, 9.17) is 0 Å². The number of fused-ring (bicyclic) bond motifs is 3. The molecule has 0 radical (unpaired) electrons. The second-order valence-electron chi connectivity index (χ2n) is 4.58. The first-order valence-corrected chi connectivity index (χ1v) is 4.74. The molecule has 0 spiro atoms. The van der Waals surface area contributed by atoms with Gasteiger partial charge in [0, 0.05) is 0 Å². The fourth-order valence-corrected chi connectivity index (χ4v) is 2.49. The molecule has 12 heteroatoms. The fourth-order valence-electron chi connectivity index (χ4n) is 2.49. The van der Waals surface area contributed by atoms with Crippen molar-refractivity contribution in [3.05, 3.63) is 0 Å². The van der Waals surface area contributed by atoms with Gasteiger partial charge in [-0.05, 0) is 0 Å². The Morgan fingerprint density at radius 2 is 0.850 bits per heavy atom. The average Bonchev–Trinajstić information content (AvgIpc) is 2.21. The van der Waals surface area contributed by atoms with Crippen molar-refractivity contribution in [3.8, 4) is 0 Å². The van der Waals surface area contributed by atoms with Gasteiger partial charge >= 0.3 is 23.7 Å². The van der Waals surface area contributed by atoms with Gasteiger partial charge in [-0.3, -0.25) is 0 Å². The molecule has 3 fully saturated rings. The third-order valence-electron chi connectivity index (χ3n) is 3.55. The molecule has 0 heterocycles. The van der Waals surface area contributed by atoms with E-state index in [1.165, 1.54) is 0 Å². The molecule has 0 aromatic carbocycles. The lowest BCUT2D eigenvalue weighted by Gasteiger charge is -2.60. The summed E-state index contributed by atoms with van der Waals surface area (Å²) in [6.45, 7) is 0. The van der Waals surface area contributed by atoms with E-state index < -0.39 is 47.4 Å². The summed E-state index contributed by atoms with van der Waals surface area (Å²) in [6.07, 6.45) is -5.22. The summed E-state index contributed by atoms with van der Waals surface area (Å²) in [6, 6.07) is 0. The Hall–Kier alpha value is -0.840. The van der Waals surface area contributed by atoms with E-state index >= 15 is 0 Å². The van der Waals surface area contributed by atoms with E-state index in [2.05, 4.69) is 0 Å². The van der Waals surface area contributed by atoms with Gasteiger partial charge in [0.2, 0.25) is 6.17 Å². The smallest absolute Gasteiger partial charge is 0.237 e. The molecule has 3 rings (SSSR count). The van der Waals surface area contributed by atoms with Gasteiger partial charge in [0.25, 0.3) is 11.6 Å². The number of rotatable bonds is 0. The fraction of sp³-hybridized carbons (Fsp3) is 1.00. The zero-order valence-corrected chi connectivity index (χ0v) is 8.69. The minimum atomic E-state index is -6.74. The maximum absolute atomic E-state index is 13.5. The molecule has 0 N–H and O–H groups in total. The van der Waals surface area contributed by atoms with Crippen LogP contribution in [0.3, 0.4) is 0 Å². The van der Waals surface area contributed by atoms with Crippen molar-refractivity contribution in [2.75, 3.05) is 0 Å². The minimum Gasteiger partial charge on any atom is -0.237 e. The summed E-state index contributed by atoms with van der Waals surface area (Å²) in [4.78, 5) is 0. The monoisotopic (exact) mass is 326 g/mol. The predicted molar refractivity (Wildman–Crippen MR) is 37.0 cm³/mol. The minimum absolute atomic E-state index is 5.22. The molecule has 0 saturated heterocycles. The van der Waals surface area contributed by atoms with Crippen LogP contribution in [0.1, 0.15) is 0 Å². The van der Waals surface area contributed by atoms with Crippen molar-refractivity contribution >= 4 is 0 Å². The first-order chi connectivity index (χ1) is 8.52. The Bertz CT molecular complexity index is 422. The molecule has 2 bridgehead atoms. The first-order valence-electron chi connectivity index (χ1n) is 4.74. The van der Waals surface area contributed by atoms with Gasteiger partial charge in [-0.2, -0.15) is 35.1 Å². The van der Waals surface area contributed by atoms with Crippen LogP contribution in [0.15, 0.2) is 0 Å². The average molecular weight is 326 g/mol. The van der Waals surface area contributed by atoms with Gasteiger partial charge < -0.3 is 0 Å². The molecular formula is C8H2F12. The normalized spacial score (nSPS) is 46.2. The second-order valence-corrected chi connectivity index (χ2v) is 4.58. The van der Waals surface area contributed by atoms with Gasteiger partial charge in [-0.1, -0.05) is 0 Å². The topological polar surface area (TPSA) is 0 Å². The lowest BCUT2D eigenvalue weighted by atomic mass is 9.56. The van der Waals surface area contributed by atoms with E-state index in [1.54, 1.807) is 0 Å². The zero-order valence-electron chi connectivity index (χ0n) is 8.69. The van der Waals surface area contributed by atoms with Gasteiger partial charge in [0.1, 0.15) is 0 Å². The highest BCUT2D eigenvalue weighted by Gasteiger charge is 3.04. The summed E-state index contributed by atoms with van der Waals surface area (Å²) >= 11 is 0. The Morgan fingerprint density at radius 3 is 1.15 bits per heavy atom. The van der Waals surface area contributed by atoms with E-state index in [9.17, 15) is 52.7 Å². The van der Waals surface area contributed by atoms with E-state index in [0.29, 0.717) is 0 Å². The van der Waals surface area contributed by atoms with Crippen LogP contribution >= 0.6 is 0 Å². The van der Waals surface area contributed by atoms with Gasteiger partial charge in [0.15, 0.2) is 5.92 Å². The molecule has 0 aliphatic heterocycles. The van der Waals surface area contributed by atoms with Crippen molar-refractivity contribution in [1.29, 1.82) is 0 Å². The molecule has 118 valence electrons. The summed E-state index contributed by atoms with van der Waals surface area (Å²) in [5, 5.41) is 0. The zero-order chi connectivity index (χ0) is 16.2. The van der Waals surface area contributed by atoms with E-state index in [-0.39, 0.29) is 0 Å². The van der Waals surface area contributed by atoms with Crippen molar-refractivity contribution in [2.45, 2.75) is 41.5 Å². The summed E-state index contributed by atoms with van der Waals surface area (Å²) in [5.41, 5.74) is -6.74. The van der Waals surface area contributed by atoms with E-state index in [1.807, 2.05) is 0 Å². The highest BCUT2D eigenvalue weighted by atomic mass is 19.3. The quantitative estimate of drug-likeness (QED) is 0.593. The van der Waals surface area contributed by atoms with Crippen LogP contribution < -0.4 is 0 Å². The van der Waals surface area contributed by atoms with Crippen LogP contribution in [0, 0.1) is 5.92 Å². The maximum atomic E-state index is 13.5. The van der Waals surface area contributed by atoms with Crippen LogP contribution in [-0.2, 0) is 0 Å². The molecule has 3 aliphatic carbocycles. The number of alkyl halides is 12. The van der Waals surface area contributed by atoms with Crippen molar-refractivity contribution < 1.29 is 52.7 Å². The van der Waals surface area contributed by atoms with Crippen molar-refractivity contribution in [2.24, 2.45) is 5.92 Å². The third kappa shape index (κ3) is 1.06. The van der Waals surface area contributed by atoms with Gasteiger partial charge in [-0.15, -0.1) is 0 Å². The van der Waals surface area contributed by atoms with E-state index in [0.717, 1.165) is 0 Å². The van der Waals surface area contributed by atoms with Crippen LogP contribution in [-0.4, -0.2) is 41.5 Å². The Balaban J connectivity index is 2.90. The molecule has 0 amide bonds. The summed E-state index contributed by atoms with van der Waals surface area (Å²) in [5.74, 6) is -38.1. The lowest BCUT2D eigenvalue weighted by molar-refractivity contribution is -0.506. The van der Waals surface area contributed by atoms with Crippen LogP contribution in [0.4, 0.5) is 52.7 Å². The first kappa shape index (κ1) is 15.5. The SMILES string of the molecule is FC1C(F)(F)C2C(F)(F)C(F)(F)C1(F)C(F)(F)C2(F)F. The van der Waals surface area contributed by atoms with Crippen molar-refractivity contribution in [1.82, 2.24) is 0 Å².